The fourth-order valence-corrected chi connectivity index (χ4v) is 5.14. The second kappa shape index (κ2) is 5.94. The van der Waals surface area contributed by atoms with E-state index in [2.05, 4.69) is 13.0 Å². The number of carbonyl (C=O) groups is 2. The number of hydrogen-bond donors (Lipinski definition) is 0. The minimum Gasteiger partial charge on any atom is -0.455 e. The molecule has 2 aliphatic carbocycles. The molecule has 0 aromatic heterocycles. The van der Waals surface area contributed by atoms with Crippen molar-refractivity contribution in [1.29, 1.82) is 5.26 Å². The van der Waals surface area contributed by atoms with Crippen LogP contribution in [0, 0.1) is 22.7 Å². The van der Waals surface area contributed by atoms with E-state index in [0.29, 0.717) is 6.42 Å². The molecule has 138 valence electrons. The maximum atomic E-state index is 13.0. The average Bonchev–Trinajstić information content (AvgIpc) is 2.56. The van der Waals surface area contributed by atoms with Crippen LogP contribution in [0.15, 0.2) is 18.2 Å². The Labute approximate surface area is 155 Å². The van der Waals surface area contributed by atoms with E-state index >= 15 is 0 Å². The first-order valence-corrected chi connectivity index (χ1v) is 9.32. The quantitative estimate of drug-likeness (QED) is 0.725. The van der Waals surface area contributed by atoms with E-state index in [1.165, 1.54) is 6.92 Å². The summed E-state index contributed by atoms with van der Waals surface area (Å²) in [5.74, 6) is -0.212. The fraction of sp³-hybridized carbons (Fsp3) is 0.591. The lowest BCUT2D eigenvalue weighted by Crippen LogP contribution is -2.50. The lowest BCUT2D eigenvalue weighted by Gasteiger charge is -2.52. The van der Waals surface area contributed by atoms with E-state index in [1.54, 1.807) is 0 Å². The van der Waals surface area contributed by atoms with Crippen LogP contribution in [0.25, 0.3) is 0 Å². The number of esters is 1. The molecule has 0 N–H and O–H groups in total. The highest BCUT2D eigenvalue weighted by molar-refractivity contribution is 6.00. The highest BCUT2D eigenvalue weighted by Crippen LogP contribution is 2.57. The number of ketones is 1. The first kappa shape index (κ1) is 18.6. The predicted molar refractivity (Wildman–Crippen MR) is 98.6 cm³/mol. The summed E-state index contributed by atoms with van der Waals surface area (Å²) in [5, 5.41) is 9.76. The van der Waals surface area contributed by atoms with Crippen LogP contribution in [0.1, 0.15) is 81.8 Å². The summed E-state index contributed by atoms with van der Waals surface area (Å²) < 4.78 is 5.44. The molecule has 0 heterocycles. The number of ether oxygens (including phenoxy) is 1. The molecule has 0 spiro atoms. The van der Waals surface area contributed by atoms with E-state index in [9.17, 15) is 14.9 Å². The molecule has 1 fully saturated rings. The third kappa shape index (κ3) is 2.74. The molecule has 1 aromatic rings. The molecule has 0 aliphatic heterocycles. The molecular weight excluding hydrogens is 326 g/mol. The lowest BCUT2D eigenvalue weighted by atomic mass is 9.50. The molecule has 2 aliphatic rings. The van der Waals surface area contributed by atoms with E-state index in [-0.39, 0.29) is 23.1 Å². The van der Waals surface area contributed by atoms with Crippen molar-refractivity contribution >= 4 is 11.8 Å². The summed E-state index contributed by atoms with van der Waals surface area (Å²) >= 11 is 0. The fourth-order valence-electron chi connectivity index (χ4n) is 5.14. The molecule has 0 radical (unpaired) electrons. The Balaban J connectivity index is 2.10. The van der Waals surface area contributed by atoms with E-state index in [4.69, 9.17) is 4.74 Å². The molecule has 3 rings (SSSR count). The highest BCUT2D eigenvalue weighted by Gasteiger charge is 2.54. The molecule has 0 unspecified atom stereocenters. The van der Waals surface area contributed by atoms with Gasteiger partial charge in [0.25, 0.3) is 0 Å². The molecular formula is C22H27NO3. The van der Waals surface area contributed by atoms with E-state index < -0.39 is 11.0 Å². The van der Waals surface area contributed by atoms with Gasteiger partial charge in [-0.15, -0.1) is 0 Å². The highest BCUT2D eigenvalue weighted by atomic mass is 16.6. The van der Waals surface area contributed by atoms with Crippen LogP contribution in [-0.2, 0) is 20.5 Å². The number of nitriles is 1. The number of rotatable bonds is 2. The molecule has 0 bridgehead atoms. The number of carbonyl (C=O) groups excluding carboxylic acids is 2. The Morgan fingerprint density at radius 2 is 2.00 bits per heavy atom. The van der Waals surface area contributed by atoms with Gasteiger partial charge in [0.2, 0.25) is 0 Å². The smallest absolute Gasteiger partial charge is 0.303 e. The van der Waals surface area contributed by atoms with Crippen molar-refractivity contribution in [2.45, 2.75) is 71.3 Å². The van der Waals surface area contributed by atoms with Crippen molar-refractivity contribution in [3.05, 3.63) is 34.9 Å². The topological polar surface area (TPSA) is 67.2 Å². The monoisotopic (exact) mass is 353 g/mol. The van der Waals surface area contributed by atoms with Gasteiger partial charge in [0.1, 0.15) is 5.60 Å². The van der Waals surface area contributed by atoms with Crippen LogP contribution in [0.2, 0.25) is 0 Å². The minimum atomic E-state index is -0.785. The summed E-state index contributed by atoms with van der Waals surface area (Å²) in [5.41, 5.74) is 1.17. The predicted octanol–water partition coefficient (Wildman–Crippen LogP) is 4.66. The Morgan fingerprint density at radius 1 is 1.31 bits per heavy atom. The van der Waals surface area contributed by atoms with Gasteiger partial charge in [0, 0.05) is 18.9 Å². The summed E-state index contributed by atoms with van der Waals surface area (Å²) in [6.45, 7) is 9.27. The van der Waals surface area contributed by atoms with Crippen LogP contribution < -0.4 is 0 Å². The molecule has 4 nitrogen and oxygen atoms in total. The van der Waals surface area contributed by atoms with Gasteiger partial charge in [-0.3, -0.25) is 9.59 Å². The average molecular weight is 353 g/mol. The van der Waals surface area contributed by atoms with Crippen molar-refractivity contribution in [2.75, 3.05) is 0 Å². The number of nitrogens with zero attached hydrogens (tertiary/aromatic N) is 1. The first-order chi connectivity index (χ1) is 12.0. The lowest BCUT2D eigenvalue weighted by molar-refractivity contribution is -0.154. The first-order valence-electron chi connectivity index (χ1n) is 9.32. The zero-order chi connectivity index (χ0) is 19.3. The van der Waals surface area contributed by atoms with Crippen LogP contribution in [0.3, 0.4) is 0 Å². The Bertz CT molecular complexity index is 819. The van der Waals surface area contributed by atoms with Crippen LogP contribution in [0.5, 0.6) is 0 Å². The summed E-state index contributed by atoms with van der Waals surface area (Å²) in [6, 6.07) is 8.37. The van der Waals surface area contributed by atoms with E-state index in [0.717, 1.165) is 36.0 Å². The normalized spacial score (nSPS) is 30.8. The third-order valence-electron chi connectivity index (χ3n) is 6.60. The van der Waals surface area contributed by atoms with Gasteiger partial charge in [-0.2, -0.15) is 5.26 Å². The Morgan fingerprint density at radius 3 is 2.62 bits per heavy atom. The number of benzene rings is 1. The van der Waals surface area contributed by atoms with Crippen molar-refractivity contribution < 1.29 is 14.3 Å². The molecule has 26 heavy (non-hydrogen) atoms. The zero-order valence-corrected chi connectivity index (χ0v) is 16.3. The van der Waals surface area contributed by atoms with E-state index in [1.807, 2.05) is 39.0 Å². The molecule has 1 aromatic carbocycles. The van der Waals surface area contributed by atoms with Gasteiger partial charge < -0.3 is 4.74 Å². The van der Waals surface area contributed by atoms with Crippen molar-refractivity contribution in [3.8, 4) is 6.07 Å². The van der Waals surface area contributed by atoms with Gasteiger partial charge in [0.05, 0.1) is 11.5 Å². The molecule has 3 atom stereocenters. The Hall–Kier alpha value is -2.15. The number of fused-ring (bicyclic) bond motifs is 3. The number of hydrogen-bond acceptors (Lipinski definition) is 4. The van der Waals surface area contributed by atoms with Gasteiger partial charge in [-0.25, -0.2) is 0 Å². The Kier molecular flexibility index (Phi) is 4.26. The van der Waals surface area contributed by atoms with Gasteiger partial charge >= 0.3 is 5.97 Å². The van der Waals surface area contributed by atoms with Crippen LogP contribution in [0.4, 0.5) is 0 Å². The maximum Gasteiger partial charge on any atom is 0.303 e. The molecule has 1 saturated carbocycles. The summed E-state index contributed by atoms with van der Waals surface area (Å²) in [6.07, 6.45) is 3.24. The number of Topliss-reactive ketones (excluding diaryl/α,β-unsaturated/α-hetero) is 1. The molecule has 0 saturated heterocycles. The third-order valence-corrected chi connectivity index (χ3v) is 6.60. The minimum absolute atomic E-state index is 0.0427. The van der Waals surface area contributed by atoms with Crippen molar-refractivity contribution in [1.82, 2.24) is 0 Å². The second-order valence-electron chi connectivity index (χ2n) is 8.84. The molecule has 0 amide bonds. The summed E-state index contributed by atoms with van der Waals surface area (Å²) in [4.78, 5) is 24.4. The van der Waals surface area contributed by atoms with Crippen LogP contribution >= 0.6 is 0 Å². The van der Waals surface area contributed by atoms with Crippen LogP contribution in [-0.4, -0.2) is 11.8 Å². The largest absolute Gasteiger partial charge is 0.455 e. The SMILES string of the molecule is CC(=O)OC(C)(C)c1ccc2c(c1)C(=O)C[C@H]1[C@](C)(C#N)CCC[C@]21C. The van der Waals surface area contributed by atoms with Gasteiger partial charge in [0.15, 0.2) is 5.78 Å². The molecule has 4 heteroatoms. The zero-order valence-electron chi connectivity index (χ0n) is 16.3. The van der Waals surface area contributed by atoms with Gasteiger partial charge in [-0.05, 0) is 62.1 Å². The maximum absolute atomic E-state index is 13.0. The standard InChI is InChI=1S/C22H27NO3/c1-14(24)26-20(2,3)15-7-8-17-16(11-15)18(25)12-19-21(4,13-23)9-6-10-22(17,19)5/h7-8,11,19H,6,9-10,12H2,1-5H3/t19-,21-,22+/m0/s1. The van der Waals surface area contributed by atoms with Gasteiger partial charge in [-0.1, -0.05) is 25.5 Å². The summed E-state index contributed by atoms with van der Waals surface area (Å²) in [7, 11) is 0. The van der Waals surface area contributed by atoms with Crippen molar-refractivity contribution in [3.63, 3.8) is 0 Å². The second-order valence-corrected chi connectivity index (χ2v) is 8.84. The van der Waals surface area contributed by atoms with Crippen molar-refractivity contribution in [2.24, 2.45) is 11.3 Å².